The van der Waals surface area contributed by atoms with E-state index >= 15 is 0 Å². The van der Waals surface area contributed by atoms with E-state index in [1.54, 1.807) is 0 Å². The average Bonchev–Trinajstić information content (AvgIpc) is 2.74. The normalized spacial score (nSPS) is 15.0. The van der Waals surface area contributed by atoms with Gasteiger partial charge in [-0.1, -0.05) is 6.42 Å². The summed E-state index contributed by atoms with van der Waals surface area (Å²) in [5, 5.41) is 17.7. The Morgan fingerprint density at radius 1 is 0.667 bits per heavy atom. The minimum Gasteiger partial charge on any atom is -0.396 e. The van der Waals surface area contributed by atoms with Gasteiger partial charge in [0.2, 0.25) is 0 Å². The molecule has 0 bridgehead atoms. The van der Waals surface area contributed by atoms with Gasteiger partial charge in [-0.15, -0.1) is 0 Å². The molecule has 0 aromatic carbocycles. The summed E-state index contributed by atoms with van der Waals surface area (Å²) in [6.07, 6.45) is -8.18. The Bertz CT molecular complexity index is 735. The average molecular weight is 571 g/mol. The maximum atomic E-state index is 14.0. The van der Waals surface area contributed by atoms with E-state index in [4.69, 9.17) is 10.2 Å². The first-order chi connectivity index (χ1) is 15.9. The van der Waals surface area contributed by atoms with Crippen molar-refractivity contribution in [1.29, 1.82) is 0 Å². The van der Waals surface area contributed by atoms with Crippen molar-refractivity contribution in [3.05, 3.63) is 0 Å². The SMILES string of the molecule is CCN(CCCCC(CO)CO)C(=O)C(F)(F)C(F)(F)C(F)(F)C(F)(F)C(F)(F)C(F)(F)C(F)(F)F. The molecule has 2 N–H and O–H groups in total. The molecule has 0 radical (unpaired) electrons. The van der Waals surface area contributed by atoms with Gasteiger partial charge in [0.05, 0.1) is 0 Å². The molecule has 0 aliphatic rings. The molecule has 1 amide bonds. The van der Waals surface area contributed by atoms with E-state index < -0.39 is 79.8 Å². The summed E-state index contributed by atoms with van der Waals surface area (Å²) < 4.78 is 199. The summed E-state index contributed by atoms with van der Waals surface area (Å²) in [6, 6.07) is 0. The highest BCUT2D eigenvalue weighted by Gasteiger charge is 2.94. The maximum Gasteiger partial charge on any atom is 0.460 e. The van der Waals surface area contributed by atoms with Crippen LogP contribution in [-0.2, 0) is 4.79 Å². The summed E-state index contributed by atoms with van der Waals surface area (Å²) in [4.78, 5) is 11.5. The van der Waals surface area contributed by atoms with Gasteiger partial charge in [-0.05, 0) is 19.8 Å². The Balaban J connectivity index is 6.13. The molecule has 0 fully saturated rings. The van der Waals surface area contributed by atoms with Gasteiger partial charge in [-0.3, -0.25) is 4.79 Å². The molecule has 0 saturated carbocycles. The van der Waals surface area contributed by atoms with Crippen LogP contribution in [0.5, 0.6) is 0 Å². The van der Waals surface area contributed by atoms with Gasteiger partial charge in [-0.2, -0.15) is 65.9 Å². The second kappa shape index (κ2) is 11.0. The number of rotatable bonds is 14. The Labute approximate surface area is 193 Å². The molecule has 0 unspecified atom stereocenters. The molecule has 216 valence electrons. The van der Waals surface area contributed by atoms with E-state index in [-0.39, 0.29) is 24.2 Å². The van der Waals surface area contributed by atoms with E-state index in [2.05, 4.69) is 0 Å². The van der Waals surface area contributed by atoms with Crippen LogP contribution in [0, 0.1) is 5.92 Å². The summed E-state index contributed by atoms with van der Waals surface area (Å²) in [7, 11) is 0. The highest BCUT2D eigenvalue weighted by molar-refractivity contribution is 5.85. The highest BCUT2D eigenvalue weighted by Crippen LogP contribution is 2.62. The third kappa shape index (κ3) is 5.60. The standard InChI is InChI=1S/C17H20F15NO3/c1-2-33(6-4-3-5-9(7-34)8-35)10(36)11(18,19)12(20,21)13(22,23)14(24,25)15(26,27)16(28,29)17(30,31)32/h9,34-35H,2-8H2,1H3. The first kappa shape index (κ1) is 34.3. The van der Waals surface area contributed by atoms with Gasteiger partial charge in [0.15, 0.2) is 0 Å². The van der Waals surface area contributed by atoms with Crippen molar-refractivity contribution in [3.8, 4) is 0 Å². The van der Waals surface area contributed by atoms with Crippen molar-refractivity contribution >= 4 is 5.91 Å². The number of unbranched alkanes of at least 4 members (excludes halogenated alkanes) is 1. The summed E-state index contributed by atoms with van der Waals surface area (Å²) in [6.45, 7) is -2.20. The van der Waals surface area contributed by atoms with Gasteiger partial charge < -0.3 is 15.1 Å². The lowest BCUT2D eigenvalue weighted by atomic mass is 9.90. The van der Waals surface area contributed by atoms with E-state index in [0.29, 0.717) is 0 Å². The molecule has 19 heteroatoms. The third-order valence-corrected chi connectivity index (χ3v) is 5.07. The molecular formula is C17H20F15NO3. The Kier molecular flexibility index (Phi) is 10.5. The fourth-order valence-electron chi connectivity index (χ4n) is 2.68. The summed E-state index contributed by atoms with van der Waals surface area (Å²) in [5.74, 6) is -52.2. The molecule has 0 atom stereocenters. The van der Waals surface area contributed by atoms with Crippen molar-refractivity contribution in [2.24, 2.45) is 5.92 Å². The van der Waals surface area contributed by atoms with Crippen LogP contribution in [0.25, 0.3) is 0 Å². The molecule has 36 heavy (non-hydrogen) atoms. The highest BCUT2D eigenvalue weighted by atomic mass is 19.4. The fourth-order valence-corrected chi connectivity index (χ4v) is 2.68. The number of carbonyl (C=O) groups excluding carboxylic acids is 1. The summed E-state index contributed by atoms with van der Waals surface area (Å²) in [5.41, 5.74) is 0. The molecule has 0 aromatic heterocycles. The van der Waals surface area contributed by atoms with Crippen LogP contribution in [-0.4, -0.2) is 89.0 Å². The Hall–Kier alpha value is -1.66. The van der Waals surface area contributed by atoms with Gasteiger partial charge in [0.1, 0.15) is 0 Å². The number of hydrogen-bond acceptors (Lipinski definition) is 3. The van der Waals surface area contributed by atoms with Crippen LogP contribution in [0.3, 0.4) is 0 Å². The number of amides is 1. The van der Waals surface area contributed by atoms with Crippen molar-refractivity contribution < 1.29 is 80.9 Å². The Morgan fingerprint density at radius 2 is 1.06 bits per heavy atom. The molecule has 0 heterocycles. The second-order valence-corrected chi connectivity index (χ2v) is 7.56. The van der Waals surface area contributed by atoms with E-state index in [0.717, 1.165) is 6.92 Å². The van der Waals surface area contributed by atoms with Gasteiger partial charge in [0.25, 0.3) is 5.91 Å². The number of alkyl halides is 15. The number of nitrogens with zero attached hydrogens (tertiary/aromatic N) is 1. The van der Waals surface area contributed by atoms with Crippen molar-refractivity contribution in [1.82, 2.24) is 4.90 Å². The van der Waals surface area contributed by atoms with Crippen molar-refractivity contribution in [2.75, 3.05) is 26.3 Å². The van der Waals surface area contributed by atoms with Crippen LogP contribution in [0.4, 0.5) is 65.9 Å². The quantitative estimate of drug-likeness (QED) is 0.229. The molecule has 0 aliphatic heterocycles. The third-order valence-electron chi connectivity index (χ3n) is 5.07. The van der Waals surface area contributed by atoms with Crippen LogP contribution >= 0.6 is 0 Å². The number of aliphatic hydroxyl groups is 2. The van der Waals surface area contributed by atoms with Crippen molar-refractivity contribution in [2.45, 2.75) is 67.9 Å². The van der Waals surface area contributed by atoms with E-state index in [1.165, 1.54) is 0 Å². The summed E-state index contributed by atoms with van der Waals surface area (Å²) >= 11 is 0. The number of hydrogen-bond donors (Lipinski definition) is 2. The van der Waals surface area contributed by atoms with Gasteiger partial charge in [-0.25, -0.2) is 0 Å². The van der Waals surface area contributed by atoms with Crippen LogP contribution < -0.4 is 0 Å². The van der Waals surface area contributed by atoms with E-state index in [9.17, 15) is 70.7 Å². The molecular weight excluding hydrogens is 551 g/mol. The molecule has 0 aliphatic carbocycles. The first-order valence-corrected chi connectivity index (χ1v) is 9.71. The lowest BCUT2D eigenvalue weighted by molar-refractivity contribution is -0.449. The monoisotopic (exact) mass is 571 g/mol. The number of aliphatic hydroxyl groups excluding tert-OH is 2. The molecule has 4 nitrogen and oxygen atoms in total. The zero-order valence-electron chi connectivity index (χ0n) is 17.9. The fraction of sp³-hybridized carbons (Fsp3) is 0.941. The zero-order valence-corrected chi connectivity index (χ0v) is 17.9. The van der Waals surface area contributed by atoms with Crippen LogP contribution in [0.2, 0.25) is 0 Å². The smallest absolute Gasteiger partial charge is 0.396 e. The lowest BCUT2D eigenvalue weighted by Crippen LogP contribution is -2.74. The molecule has 0 saturated heterocycles. The van der Waals surface area contributed by atoms with Gasteiger partial charge in [0, 0.05) is 32.2 Å². The minimum atomic E-state index is -8.45. The minimum absolute atomic E-state index is 0.0158. The first-order valence-electron chi connectivity index (χ1n) is 9.71. The number of carbonyl (C=O) groups is 1. The van der Waals surface area contributed by atoms with Crippen molar-refractivity contribution in [3.63, 3.8) is 0 Å². The van der Waals surface area contributed by atoms with E-state index in [1.807, 2.05) is 0 Å². The molecule has 0 aromatic rings. The predicted molar refractivity (Wildman–Crippen MR) is 89.5 cm³/mol. The van der Waals surface area contributed by atoms with Gasteiger partial charge >= 0.3 is 41.7 Å². The largest absolute Gasteiger partial charge is 0.460 e. The lowest BCUT2D eigenvalue weighted by Gasteiger charge is -2.41. The predicted octanol–water partition coefficient (Wildman–Crippen LogP) is 4.98. The maximum absolute atomic E-state index is 14.0. The Morgan fingerprint density at radius 3 is 1.42 bits per heavy atom. The molecule has 0 rings (SSSR count). The topological polar surface area (TPSA) is 60.8 Å². The van der Waals surface area contributed by atoms with Crippen LogP contribution in [0.1, 0.15) is 26.2 Å². The second-order valence-electron chi connectivity index (χ2n) is 7.56. The zero-order chi connectivity index (χ0) is 29.2. The van der Waals surface area contributed by atoms with Crippen LogP contribution in [0.15, 0.2) is 0 Å². The number of halogens is 15. The molecule has 0 spiro atoms.